The van der Waals surface area contributed by atoms with Gasteiger partial charge in [-0.25, -0.2) is 0 Å². The number of hydrogen-bond donors (Lipinski definition) is 0. The first kappa shape index (κ1) is 12.5. The minimum absolute atomic E-state index is 0.482. The molecule has 0 saturated carbocycles. The zero-order valence-corrected chi connectivity index (χ0v) is 10.0. The summed E-state index contributed by atoms with van der Waals surface area (Å²) >= 11 is 5.83. The number of hydrogen-bond acceptors (Lipinski definition) is 4. The fourth-order valence-corrected chi connectivity index (χ4v) is 1.45. The molecule has 0 bridgehead atoms. The Kier molecular flexibility index (Phi) is 4.27. The molecule has 0 radical (unpaired) electrons. The molecule has 0 heterocycles. The fourth-order valence-electron chi connectivity index (χ4n) is 1.32. The molecule has 1 atom stereocenters. The zero-order chi connectivity index (χ0) is 12.1. The highest BCUT2D eigenvalue weighted by molar-refractivity contribution is 6.22. The third-order valence-corrected chi connectivity index (χ3v) is 2.44. The molecule has 16 heavy (non-hydrogen) atoms. The Labute approximate surface area is 99.3 Å². The van der Waals surface area contributed by atoms with Gasteiger partial charge in [0.2, 0.25) is 5.75 Å². The van der Waals surface area contributed by atoms with Crippen molar-refractivity contribution in [3.05, 3.63) is 17.7 Å². The summed E-state index contributed by atoms with van der Waals surface area (Å²) in [6.07, 6.45) is 0. The Morgan fingerprint density at radius 2 is 1.62 bits per heavy atom. The highest BCUT2D eigenvalue weighted by atomic mass is 35.5. The average Bonchev–Trinajstić information content (AvgIpc) is 2.35. The van der Waals surface area contributed by atoms with Crippen LogP contribution < -0.4 is 14.2 Å². The van der Waals surface area contributed by atoms with Crippen molar-refractivity contribution < 1.29 is 14.2 Å². The summed E-state index contributed by atoms with van der Waals surface area (Å²) < 4.78 is 15.4. The monoisotopic (exact) mass is 241 g/mol. The van der Waals surface area contributed by atoms with Crippen LogP contribution in [0.4, 0.5) is 0 Å². The summed E-state index contributed by atoms with van der Waals surface area (Å²) in [5, 5.41) is 8.01. The van der Waals surface area contributed by atoms with E-state index in [-0.39, 0.29) is 0 Å². The van der Waals surface area contributed by atoms with Gasteiger partial charge in [0.05, 0.1) is 27.4 Å². The molecule has 0 saturated heterocycles. The first-order valence-corrected chi connectivity index (χ1v) is 4.95. The van der Waals surface area contributed by atoms with Crippen molar-refractivity contribution in [3.63, 3.8) is 0 Å². The van der Waals surface area contributed by atoms with Gasteiger partial charge < -0.3 is 14.2 Å². The summed E-state index contributed by atoms with van der Waals surface area (Å²) in [5.41, 5.74) is 0.610. The molecule has 1 aromatic carbocycles. The van der Waals surface area contributed by atoms with E-state index in [4.69, 9.17) is 31.1 Å². The Bertz CT molecular complexity index is 389. The normalized spacial score (nSPS) is 11.4. The van der Waals surface area contributed by atoms with Crippen LogP contribution in [-0.2, 0) is 0 Å². The van der Waals surface area contributed by atoms with Crippen LogP contribution in [0.25, 0.3) is 0 Å². The lowest BCUT2D eigenvalue weighted by molar-refractivity contribution is 0.324. The minimum Gasteiger partial charge on any atom is -0.493 e. The van der Waals surface area contributed by atoms with E-state index in [9.17, 15) is 0 Å². The number of alkyl halides is 1. The summed E-state index contributed by atoms with van der Waals surface area (Å²) in [7, 11) is 4.54. The third kappa shape index (κ3) is 2.31. The predicted molar refractivity (Wildman–Crippen MR) is 60.3 cm³/mol. The van der Waals surface area contributed by atoms with E-state index in [1.807, 2.05) is 6.07 Å². The van der Waals surface area contributed by atoms with E-state index >= 15 is 0 Å². The Morgan fingerprint density at radius 1 is 1.12 bits per heavy atom. The van der Waals surface area contributed by atoms with Crippen LogP contribution in [0, 0.1) is 11.3 Å². The molecular weight excluding hydrogens is 230 g/mol. The topological polar surface area (TPSA) is 51.5 Å². The number of methoxy groups -OCH3 is 3. The molecule has 0 fully saturated rings. The highest BCUT2D eigenvalue weighted by Gasteiger charge is 2.16. The lowest BCUT2D eigenvalue weighted by Crippen LogP contribution is -1.97. The summed E-state index contributed by atoms with van der Waals surface area (Å²) in [6.45, 7) is 0. The molecule has 0 spiro atoms. The smallest absolute Gasteiger partial charge is 0.203 e. The number of nitriles is 1. The van der Waals surface area contributed by atoms with E-state index in [0.717, 1.165) is 0 Å². The van der Waals surface area contributed by atoms with Gasteiger partial charge in [-0.3, -0.25) is 0 Å². The summed E-state index contributed by atoms with van der Waals surface area (Å²) in [5.74, 6) is 1.45. The second-order valence-electron chi connectivity index (χ2n) is 2.95. The second kappa shape index (κ2) is 5.47. The molecule has 0 aliphatic carbocycles. The van der Waals surface area contributed by atoms with Crippen LogP contribution in [0.5, 0.6) is 17.2 Å². The van der Waals surface area contributed by atoms with E-state index in [2.05, 4.69) is 0 Å². The van der Waals surface area contributed by atoms with Gasteiger partial charge in [0.25, 0.3) is 0 Å². The second-order valence-corrected chi connectivity index (χ2v) is 3.39. The van der Waals surface area contributed by atoms with Crippen LogP contribution in [0.15, 0.2) is 12.1 Å². The summed E-state index contributed by atoms with van der Waals surface area (Å²) in [6, 6.07) is 5.24. The lowest BCUT2D eigenvalue weighted by atomic mass is 10.1. The van der Waals surface area contributed by atoms with E-state index < -0.39 is 5.38 Å². The number of benzene rings is 1. The maximum absolute atomic E-state index is 8.75. The van der Waals surface area contributed by atoms with Crippen molar-refractivity contribution in [3.8, 4) is 23.3 Å². The van der Waals surface area contributed by atoms with Gasteiger partial charge in [0, 0.05) is 0 Å². The predicted octanol–water partition coefficient (Wildman–Crippen LogP) is 2.52. The van der Waals surface area contributed by atoms with Crippen molar-refractivity contribution in [1.29, 1.82) is 5.26 Å². The van der Waals surface area contributed by atoms with Crippen LogP contribution in [0.1, 0.15) is 10.9 Å². The van der Waals surface area contributed by atoms with Crippen molar-refractivity contribution in [2.24, 2.45) is 0 Å². The van der Waals surface area contributed by atoms with Gasteiger partial charge in [-0.1, -0.05) is 0 Å². The largest absolute Gasteiger partial charge is 0.493 e. The van der Waals surface area contributed by atoms with E-state index in [1.54, 1.807) is 12.1 Å². The van der Waals surface area contributed by atoms with Gasteiger partial charge in [-0.15, -0.1) is 11.6 Å². The van der Waals surface area contributed by atoms with Crippen molar-refractivity contribution in [2.45, 2.75) is 5.38 Å². The lowest BCUT2D eigenvalue weighted by Gasteiger charge is -2.14. The van der Waals surface area contributed by atoms with E-state index in [1.165, 1.54) is 21.3 Å². The Balaban J connectivity index is 3.32. The fraction of sp³-hybridized carbons (Fsp3) is 0.364. The zero-order valence-electron chi connectivity index (χ0n) is 9.28. The van der Waals surface area contributed by atoms with Gasteiger partial charge in [0.15, 0.2) is 11.5 Å². The molecule has 1 aromatic rings. The maximum Gasteiger partial charge on any atom is 0.203 e. The SMILES string of the molecule is COc1cc(C(Cl)C#N)cc(OC)c1OC. The van der Waals surface area contributed by atoms with Gasteiger partial charge >= 0.3 is 0 Å². The van der Waals surface area contributed by atoms with Gasteiger partial charge in [-0.05, 0) is 17.7 Å². The molecule has 0 aliphatic rings. The Morgan fingerprint density at radius 3 is 1.94 bits per heavy atom. The molecular formula is C11H12ClNO3. The molecule has 0 aliphatic heterocycles. The molecule has 4 nitrogen and oxygen atoms in total. The Hall–Kier alpha value is -1.60. The molecule has 5 heteroatoms. The van der Waals surface area contributed by atoms with Crippen LogP contribution in [-0.4, -0.2) is 21.3 Å². The highest BCUT2D eigenvalue weighted by Crippen LogP contribution is 2.40. The van der Waals surface area contributed by atoms with Crippen LogP contribution >= 0.6 is 11.6 Å². The van der Waals surface area contributed by atoms with Crippen molar-refractivity contribution in [1.82, 2.24) is 0 Å². The molecule has 86 valence electrons. The van der Waals surface area contributed by atoms with Crippen molar-refractivity contribution >= 4 is 11.6 Å². The van der Waals surface area contributed by atoms with Gasteiger partial charge in [-0.2, -0.15) is 5.26 Å². The van der Waals surface area contributed by atoms with Crippen LogP contribution in [0.2, 0.25) is 0 Å². The molecule has 0 N–H and O–H groups in total. The number of halogens is 1. The minimum atomic E-state index is -0.742. The first-order chi connectivity index (χ1) is 7.67. The molecule has 1 rings (SSSR count). The average molecular weight is 242 g/mol. The quantitative estimate of drug-likeness (QED) is 0.760. The number of nitrogens with zero attached hydrogens (tertiary/aromatic N) is 1. The number of ether oxygens (including phenoxy) is 3. The van der Waals surface area contributed by atoms with Crippen LogP contribution in [0.3, 0.4) is 0 Å². The standard InChI is InChI=1S/C11H12ClNO3/c1-14-9-4-7(8(12)6-13)5-10(15-2)11(9)16-3/h4-5,8H,1-3H3. The van der Waals surface area contributed by atoms with E-state index in [0.29, 0.717) is 22.8 Å². The summed E-state index contributed by atoms with van der Waals surface area (Å²) in [4.78, 5) is 0. The number of rotatable bonds is 4. The molecule has 0 aromatic heterocycles. The molecule has 1 unspecified atom stereocenters. The van der Waals surface area contributed by atoms with Gasteiger partial charge in [0.1, 0.15) is 5.38 Å². The third-order valence-electron chi connectivity index (χ3n) is 2.09. The first-order valence-electron chi connectivity index (χ1n) is 4.51. The maximum atomic E-state index is 8.75. The van der Waals surface area contributed by atoms with Crippen molar-refractivity contribution in [2.75, 3.05) is 21.3 Å². The molecule has 0 amide bonds.